The Kier molecular flexibility index (Phi) is 4.24. The van der Waals surface area contributed by atoms with E-state index in [-0.39, 0.29) is 12.3 Å². The first-order valence-corrected chi connectivity index (χ1v) is 7.49. The van der Waals surface area contributed by atoms with Gasteiger partial charge in [0.2, 0.25) is 10.0 Å². The Morgan fingerprint density at radius 1 is 1.16 bits per heavy atom. The Hall–Kier alpha value is -1.79. The molecule has 0 aliphatic heterocycles. The lowest BCUT2D eigenvalue weighted by Gasteiger charge is -2.06. The fraction of sp³-hybridized carbons (Fsp3) is 0.231. The molecule has 1 aromatic carbocycles. The van der Waals surface area contributed by atoms with Crippen LogP contribution in [0.15, 0.2) is 42.7 Å². The van der Waals surface area contributed by atoms with Crippen molar-refractivity contribution in [2.75, 3.05) is 0 Å². The highest BCUT2D eigenvalue weighted by Crippen LogP contribution is 2.05. The van der Waals surface area contributed by atoms with Crippen LogP contribution in [0, 0.1) is 6.92 Å². The Bertz CT molecular complexity index is 642. The highest BCUT2D eigenvalue weighted by Gasteiger charge is 2.11. The monoisotopic (exact) mass is 277 g/mol. The molecule has 0 amide bonds. The van der Waals surface area contributed by atoms with Gasteiger partial charge in [0.25, 0.3) is 0 Å². The van der Waals surface area contributed by atoms with Crippen LogP contribution in [0.2, 0.25) is 0 Å². The van der Waals surface area contributed by atoms with Crippen molar-refractivity contribution in [3.63, 3.8) is 0 Å². The van der Waals surface area contributed by atoms with E-state index in [1.54, 1.807) is 18.2 Å². The molecule has 0 fully saturated rings. The minimum Gasteiger partial charge on any atom is -0.242 e. The molecule has 1 N–H and O–H groups in total. The molecule has 2 aromatic rings. The lowest BCUT2D eigenvalue weighted by molar-refractivity contribution is 0.579. The maximum Gasteiger partial charge on any atom is 0.216 e. The molecule has 0 saturated heterocycles. The first kappa shape index (κ1) is 13.6. The molecule has 0 spiro atoms. The summed E-state index contributed by atoms with van der Waals surface area (Å²) >= 11 is 0. The molecule has 19 heavy (non-hydrogen) atoms. The van der Waals surface area contributed by atoms with Crippen molar-refractivity contribution in [1.29, 1.82) is 0 Å². The van der Waals surface area contributed by atoms with E-state index in [0.29, 0.717) is 5.69 Å². The smallest absolute Gasteiger partial charge is 0.216 e. The maximum atomic E-state index is 11.9. The number of aromatic nitrogens is 2. The number of nitrogens with one attached hydrogen (secondary N) is 1. The molecule has 2 rings (SSSR count). The molecule has 100 valence electrons. The summed E-state index contributed by atoms with van der Waals surface area (Å²) in [5.74, 6) is -0.0299. The van der Waals surface area contributed by atoms with Gasteiger partial charge in [0.1, 0.15) is 6.33 Å². The predicted octanol–water partition coefficient (Wildman–Crippen LogP) is 1.40. The molecule has 1 aromatic heterocycles. The fourth-order valence-corrected chi connectivity index (χ4v) is 2.74. The number of hydrogen-bond donors (Lipinski definition) is 1. The highest BCUT2D eigenvalue weighted by atomic mass is 32.2. The van der Waals surface area contributed by atoms with Gasteiger partial charge >= 0.3 is 0 Å². The summed E-state index contributed by atoms with van der Waals surface area (Å²) in [6.07, 6.45) is 1.43. The summed E-state index contributed by atoms with van der Waals surface area (Å²) < 4.78 is 26.3. The van der Waals surface area contributed by atoms with Crippen molar-refractivity contribution in [1.82, 2.24) is 14.7 Å². The van der Waals surface area contributed by atoms with Gasteiger partial charge in [0.05, 0.1) is 18.0 Å². The highest BCUT2D eigenvalue weighted by molar-refractivity contribution is 7.88. The molecule has 0 aliphatic rings. The second-order valence-electron chi connectivity index (χ2n) is 4.22. The van der Waals surface area contributed by atoms with Crippen molar-refractivity contribution < 1.29 is 8.42 Å². The van der Waals surface area contributed by atoms with Crippen LogP contribution < -0.4 is 4.72 Å². The van der Waals surface area contributed by atoms with Crippen LogP contribution in [0.25, 0.3) is 0 Å². The quantitative estimate of drug-likeness (QED) is 0.896. The molecule has 6 heteroatoms. The maximum absolute atomic E-state index is 11.9. The zero-order valence-corrected chi connectivity index (χ0v) is 11.4. The SMILES string of the molecule is Cc1cc(CNS(=O)(=O)Cc2ccccc2)ncn1. The average Bonchev–Trinajstić information content (AvgIpc) is 2.37. The van der Waals surface area contributed by atoms with E-state index in [1.165, 1.54) is 6.33 Å². The number of sulfonamides is 1. The standard InChI is InChI=1S/C13H15N3O2S/c1-11-7-13(15-10-14-11)8-16-19(17,18)9-12-5-3-2-4-6-12/h2-7,10,16H,8-9H2,1H3. The summed E-state index contributed by atoms with van der Waals surface area (Å²) in [6, 6.07) is 10.8. The summed E-state index contributed by atoms with van der Waals surface area (Å²) in [5.41, 5.74) is 2.23. The molecular formula is C13H15N3O2S. The Morgan fingerprint density at radius 2 is 1.89 bits per heavy atom. The van der Waals surface area contributed by atoms with Gasteiger partial charge in [-0.2, -0.15) is 0 Å². The molecule has 0 radical (unpaired) electrons. The summed E-state index contributed by atoms with van der Waals surface area (Å²) in [6.45, 7) is 2.02. The van der Waals surface area contributed by atoms with Crippen LogP contribution in [-0.2, 0) is 22.3 Å². The number of nitrogens with zero attached hydrogens (tertiary/aromatic N) is 2. The lowest BCUT2D eigenvalue weighted by atomic mass is 10.2. The average molecular weight is 277 g/mol. The number of aryl methyl sites for hydroxylation is 1. The van der Waals surface area contributed by atoms with Crippen LogP contribution in [-0.4, -0.2) is 18.4 Å². The second kappa shape index (κ2) is 5.90. The molecular weight excluding hydrogens is 262 g/mol. The minimum atomic E-state index is -3.36. The van der Waals surface area contributed by atoms with Gasteiger partial charge in [0.15, 0.2) is 0 Å². The topological polar surface area (TPSA) is 72.0 Å². The van der Waals surface area contributed by atoms with E-state index >= 15 is 0 Å². The van der Waals surface area contributed by atoms with Crippen molar-refractivity contribution in [3.05, 3.63) is 59.7 Å². The summed E-state index contributed by atoms with van der Waals surface area (Å²) in [7, 11) is -3.36. The summed E-state index contributed by atoms with van der Waals surface area (Å²) in [4.78, 5) is 7.98. The number of rotatable bonds is 5. The van der Waals surface area contributed by atoms with Gasteiger partial charge in [-0.15, -0.1) is 0 Å². The Morgan fingerprint density at radius 3 is 2.58 bits per heavy atom. The normalized spacial score (nSPS) is 11.4. The van der Waals surface area contributed by atoms with Crippen LogP contribution in [0.3, 0.4) is 0 Å². The zero-order valence-electron chi connectivity index (χ0n) is 10.6. The van der Waals surface area contributed by atoms with E-state index in [0.717, 1.165) is 11.3 Å². The van der Waals surface area contributed by atoms with Crippen LogP contribution in [0.5, 0.6) is 0 Å². The molecule has 0 aliphatic carbocycles. The fourth-order valence-electron chi connectivity index (χ4n) is 1.64. The third-order valence-electron chi connectivity index (χ3n) is 2.53. The third kappa shape index (κ3) is 4.42. The third-order valence-corrected chi connectivity index (χ3v) is 3.83. The molecule has 0 bridgehead atoms. The van der Waals surface area contributed by atoms with E-state index in [1.807, 2.05) is 25.1 Å². The van der Waals surface area contributed by atoms with Gasteiger partial charge < -0.3 is 0 Å². The molecule has 1 heterocycles. The minimum absolute atomic E-state index is 0.0299. The van der Waals surface area contributed by atoms with Crippen LogP contribution in [0.4, 0.5) is 0 Å². The number of hydrogen-bond acceptors (Lipinski definition) is 4. The zero-order chi connectivity index (χ0) is 13.7. The first-order valence-electron chi connectivity index (χ1n) is 5.84. The van der Waals surface area contributed by atoms with Gasteiger partial charge in [-0.1, -0.05) is 30.3 Å². The molecule has 0 atom stereocenters. The molecule has 0 unspecified atom stereocenters. The predicted molar refractivity (Wildman–Crippen MR) is 72.7 cm³/mol. The van der Waals surface area contributed by atoms with Crippen LogP contribution >= 0.6 is 0 Å². The van der Waals surface area contributed by atoms with E-state index < -0.39 is 10.0 Å². The van der Waals surface area contributed by atoms with Gasteiger partial charge in [-0.3, -0.25) is 0 Å². The summed E-state index contributed by atoms with van der Waals surface area (Å²) in [5, 5.41) is 0. The number of benzene rings is 1. The van der Waals surface area contributed by atoms with Crippen molar-refractivity contribution in [2.24, 2.45) is 0 Å². The molecule has 0 saturated carbocycles. The van der Waals surface area contributed by atoms with E-state index in [9.17, 15) is 8.42 Å². The van der Waals surface area contributed by atoms with Crippen molar-refractivity contribution in [3.8, 4) is 0 Å². The van der Waals surface area contributed by atoms with Crippen LogP contribution in [0.1, 0.15) is 17.0 Å². The van der Waals surface area contributed by atoms with Crippen molar-refractivity contribution >= 4 is 10.0 Å². The molecule has 5 nitrogen and oxygen atoms in total. The Labute approximate surface area is 112 Å². The Balaban J connectivity index is 1.98. The second-order valence-corrected chi connectivity index (χ2v) is 6.02. The van der Waals surface area contributed by atoms with Gasteiger partial charge in [-0.05, 0) is 18.6 Å². The van der Waals surface area contributed by atoms with Crippen molar-refractivity contribution in [2.45, 2.75) is 19.2 Å². The largest absolute Gasteiger partial charge is 0.242 e. The first-order chi connectivity index (χ1) is 9.05. The van der Waals surface area contributed by atoms with Gasteiger partial charge in [-0.25, -0.2) is 23.1 Å². The van der Waals surface area contributed by atoms with E-state index in [2.05, 4.69) is 14.7 Å². The van der Waals surface area contributed by atoms with E-state index in [4.69, 9.17) is 0 Å². The van der Waals surface area contributed by atoms with Gasteiger partial charge in [0, 0.05) is 5.69 Å². The lowest BCUT2D eigenvalue weighted by Crippen LogP contribution is -2.25.